The van der Waals surface area contributed by atoms with Gasteiger partial charge in [-0.25, -0.2) is 8.42 Å². The first-order valence-electron chi connectivity index (χ1n) is 12.5. The van der Waals surface area contributed by atoms with Crippen LogP contribution in [0.25, 0.3) is 11.3 Å². The molecule has 2 atom stereocenters. The highest BCUT2D eigenvalue weighted by atomic mass is 32.2. The zero-order valence-electron chi connectivity index (χ0n) is 20.0. The van der Waals surface area contributed by atoms with E-state index in [1.807, 2.05) is 10.7 Å². The first-order chi connectivity index (χ1) is 16.4. The van der Waals surface area contributed by atoms with Gasteiger partial charge in [0.1, 0.15) is 0 Å². The minimum atomic E-state index is -4.43. The van der Waals surface area contributed by atoms with Crippen molar-refractivity contribution in [2.45, 2.75) is 63.7 Å². The Hall–Kier alpha value is -1.94. The van der Waals surface area contributed by atoms with Crippen LogP contribution in [0, 0.1) is 17.3 Å². The fourth-order valence-electron chi connectivity index (χ4n) is 7.04. The fourth-order valence-corrected chi connectivity index (χ4v) is 9.40. The number of fused-ring (bicyclic) bond motifs is 1. The van der Waals surface area contributed by atoms with Crippen LogP contribution in [0.15, 0.2) is 24.5 Å². The van der Waals surface area contributed by atoms with Crippen molar-refractivity contribution in [1.82, 2.24) is 19.7 Å². The third-order valence-electron chi connectivity index (χ3n) is 8.80. The number of likely N-dealkylation sites (tertiary alicyclic amines) is 1. The van der Waals surface area contributed by atoms with E-state index in [4.69, 9.17) is 5.10 Å². The minimum absolute atomic E-state index is 0.0395. The summed E-state index contributed by atoms with van der Waals surface area (Å²) in [4.78, 5) is 6.38. The van der Waals surface area contributed by atoms with Crippen LogP contribution in [-0.2, 0) is 16.0 Å². The topological polar surface area (TPSA) is 68.1 Å². The summed E-state index contributed by atoms with van der Waals surface area (Å²) < 4.78 is 64.9. The van der Waals surface area contributed by atoms with Gasteiger partial charge in [0.2, 0.25) is 0 Å². The van der Waals surface area contributed by atoms with Gasteiger partial charge in [0, 0.05) is 47.1 Å². The molecule has 2 saturated heterocycles. The Morgan fingerprint density at radius 1 is 1.06 bits per heavy atom. The maximum atomic E-state index is 13.2. The monoisotopic (exact) mass is 508 g/mol. The van der Waals surface area contributed by atoms with E-state index >= 15 is 0 Å². The van der Waals surface area contributed by atoms with Crippen molar-refractivity contribution in [3.05, 3.63) is 35.8 Å². The summed E-state index contributed by atoms with van der Waals surface area (Å²) in [5.74, 6) is 2.31. The van der Waals surface area contributed by atoms with Crippen molar-refractivity contribution in [3.63, 3.8) is 0 Å². The third-order valence-corrected chi connectivity index (χ3v) is 10.9. The lowest BCUT2D eigenvalue weighted by atomic mass is 9.80. The molecular formula is C25H31F3N4O2S. The first kappa shape index (κ1) is 23.5. The number of alkyl halides is 3. The first-order valence-corrected chi connectivity index (χ1v) is 14.3. The standard InChI is InChI=1S/C25H31F3N4O2S/c1-15(2)32-22(10-21(30-32)16-7-17(12-29-11-16)25(26,27)28)23-19-8-18(9-20(19)23)31-5-3-24(4-6-31)13-35(33,34)14-24/h7,10-12,15,18-20,23H,3-6,8-9,13-14H2,1-2H3. The van der Waals surface area contributed by atoms with Crippen molar-refractivity contribution in [1.29, 1.82) is 0 Å². The van der Waals surface area contributed by atoms with E-state index in [0.29, 0.717) is 46.6 Å². The molecule has 10 heteroatoms. The van der Waals surface area contributed by atoms with E-state index in [1.165, 1.54) is 6.20 Å². The van der Waals surface area contributed by atoms with Crippen LogP contribution < -0.4 is 0 Å². The van der Waals surface area contributed by atoms with Gasteiger partial charge in [-0.1, -0.05) is 0 Å². The number of rotatable bonds is 4. The second-order valence-corrected chi connectivity index (χ2v) is 13.6. The van der Waals surface area contributed by atoms with Crippen LogP contribution in [0.3, 0.4) is 0 Å². The Kier molecular flexibility index (Phi) is 5.21. The molecule has 190 valence electrons. The van der Waals surface area contributed by atoms with E-state index in [1.54, 1.807) is 0 Å². The van der Waals surface area contributed by atoms with E-state index < -0.39 is 21.6 Å². The Bertz CT molecular complexity index is 1220. The molecule has 6 nitrogen and oxygen atoms in total. The molecule has 2 aromatic heterocycles. The summed E-state index contributed by atoms with van der Waals surface area (Å²) in [6, 6.07) is 3.77. The summed E-state index contributed by atoms with van der Waals surface area (Å²) in [7, 11) is -2.79. The van der Waals surface area contributed by atoms with Crippen LogP contribution in [0.1, 0.15) is 62.7 Å². The molecule has 4 heterocycles. The van der Waals surface area contributed by atoms with Gasteiger partial charge in [-0.05, 0) is 76.6 Å². The van der Waals surface area contributed by atoms with Gasteiger partial charge in [0.05, 0.1) is 22.8 Å². The number of pyridine rings is 1. The van der Waals surface area contributed by atoms with Crippen LogP contribution in [-0.4, -0.2) is 58.7 Å². The molecule has 0 aromatic carbocycles. The maximum Gasteiger partial charge on any atom is 0.417 e. The summed E-state index contributed by atoms with van der Waals surface area (Å²) >= 11 is 0. The normalized spacial score (nSPS) is 31.5. The van der Waals surface area contributed by atoms with Crippen LogP contribution in [0.4, 0.5) is 13.2 Å². The van der Waals surface area contributed by atoms with Crippen LogP contribution in [0.5, 0.6) is 0 Å². The highest BCUT2D eigenvalue weighted by molar-refractivity contribution is 7.92. The van der Waals surface area contributed by atoms with Crippen molar-refractivity contribution in [2.75, 3.05) is 24.6 Å². The molecule has 4 aliphatic rings. The molecule has 2 saturated carbocycles. The largest absolute Gasteiger partial charge is 0.417 e. The molecule has 35 heavy (non-hydrogen) atoms. The minimum Gasteiger partial charge on any atom is -0.300 e. The molecule has 2 aromatic rings. The van der Waals surface area contributed by atoms with Crippen LogP contribution in [0.2, 0.25) is 0 Å². The van der Waals surface area contributed by atoms with Gasteiger partial charge in [-0.2, -0.15) is 18.3 Å². The Morgan fingerprint density at radius 2 is 1.71 bits per heavy atom. The number of nitrogens with zero attached hydrogens (tertiary/aromatic N) is 4. The Balaban J connectivity index is 1.14. The molecular weight excluding hydrogens is 477 g/mol. The van der Waals surface area contributed by atoms with E-state index in [-0.39, 0.29) is 11.5 Å². The van der Waals surface area contributed by atoms with Crippen molar-refractivity contribution < 1.29 is 21.6 Å². The molecule has 0 radical (unpaired) electrons. The number of aromatic nitrogens is 3. The summed E-state index contributed by atoms with van der Waals surface area (Å²) in [6.07, 6.45) is 2.09. The molecule has 0 amide bonds. The summed E-state index contributed by atoms with van der Waals surface area (Å²) in [5, 5.41) is 4.69. The molecule has 4 fully saturated rings. The lowest BCUT2D eigenvalue weighted by Gasteiger charge is -2.48. The Morgan fingerprint density at radius 3 is 2.29 bits per heavy atom. The lowest BCUT2D eigenvalue weighted by molar-refractivity contribution is -0.137. The highest BCUT2D eigenvalue weighted by Gasteiger charge is 2.59. The molecule has 0 bridgehead atoms. The second kappa shape index (κ2) is 7.78. The second-order valence-electron chi connectivity index (χ2n) is 11.5. The number of piperidine rings is 1. The Labute approximate surface area is 203 Å². The third kappa shape index (κ3) is 4.10. The quantitative estimate of drug-likeness (QED) is 0.606. The fraction of sp³-hybridized carbons (Fsp3) is 0.680. The van der Waals surface area contributed by atoms with Crippen LogP contribution >= 0.6 is 0 Å². The van der Waals surface area contributed by atoms with E-state index in [9.17, 15) is 21.6 Å². The van der Waals surface area contributed by atoms with Gasteiger partial charge in [-0.3, -0.25) is 9.67 Å². The number of hydrogen-bond acceptors (Lipinski definition) is 5. The molecule has 2 unspecified atom stereocenters. The van der Waals surface area contributed by atoms with E-state index in [0.717, 1.165) is 56.7 Å². The lowest BCUT2D eigenvalue weighted by Crippen LogP contribution is -2.55. The van der Waals surface area contributed by atoms with Gasteiger partial charge in [-0.15, -0.1) is 0 Å². The maximum absolute atomic E-state index is 13.2. The van der Waals surface area contributed by atoms with Crippen molar-refractivity contribution in [2.24, 2.45) is 17.3 Å². The van der Waals surface area contributed by atoms with E-state index in [2.05, 4.69) is 23.7 Å². The van der Waals surface area contributed by atoms with Gasteiger partial charge < -0.3 is 4.90 Å². The predicted molar refractivity (Wildman–Crippen MR) is 125 cm³/mol. The van der Waals surface area contributed by atoms with Crippen molar-refractivity contribution >= 4 is 9.84 Å². The molecule has 1 spiro atoms. The van der Waals surface area contributed by atoms with Gasteiger partial charge in [0.25, 0.3) is 0 Å². The number of hydrogen-bond donors (Lipinski definition) is 0. The van der Waals surface area contributed by atoms with Gasteiger partial charge in [0.15, 0.2) is 9.84 Å². The molecule has 6 rings (SSSR count). The zero-order chi connectivity index (χ0) is 24.8. The number of halogens is 3. The van der Waals surface area contributed by atoms with Crippen molar-refractivity contribution in [3.8, 4) is 11.3 Å². The molecule has 2 aliphatic carbocycles. The summed E-state index contributed by atoms with van der Waals surface area (Å²) in [5.41, 5.74) is 1.34. The zero-order valence-corrected chi connectivity index (χ0v) is 20.8. The smallest absolute Gasteiger partial charge is 0.300 e. The predicted octanol–water partition coefficient (Wildman–Crippen LogP) is 4.55. The van der Waals surface area contributed by atoms with Gasteiger partial charge >= 0.3 is 6.18 Å². The SMILES string of the molecule is CC(C)n1nc(-c2cncc(C(F)(F)F)c2)cc1C1C2CC(N3CCC4(CC3)CS(=O)(=O)C4)CC21. The summed E-state index contributed by atoms with van der Waals surface area (Å²) in [6.45, 7) is 6.08. The number of sulfone groups is 1. The molecule has 2 aliphatic heterocycles. The average molecular weight is 509 g/mol. The molecule has 0 N–H and O–H groups in total. The average Bonchev–Trinajstić information content (AvgIpc) is 3.13. The highest BCUT2D eigenvalue weighted by Crippen LogP contribution is 2.64.